The van der Waals surface area contributed by atoms with Gasteiger partial charge in [-0.05, 0) is 12.8 Å². The Labute approximate surface area is 73.1 Å². The second-order valence-corrected chi connectivity index (χ2v) is 4.38. The first kappa shape index (κ1) is 9.92. The van der Waals surface area contributed by atoms with Gasteiger partial charge in [-0.1, -0.05) is 45.2 Å². The molecule has 0 aliphatic rings. The molecule has 0 aromatic heterocycles. The Hall–Kier alpha value is 0.920. The first-order valence-electron chi connectivity index (χ1n) is 3.09. The zero-order valence-electron chi connectivity index (χ0n) is 5.53. The van der Waals surface area contributed by atoms with Gasteiger partial charge in [0, 0.05) is 5.33 Å². The van der Waals surface area contributed by atoms with Crippen molar-refractivity contribution in [1.29, 1.82) is 0 Å². The van der Waals surface area contributed by atoms with E-state index in [2.05, 4.69) is 38.8 Å². The van der Waals surface area contributed by atoms with Crippen LogP contribution in [0.5, 0.6) is 0 Å². The van der Waals surface area contributed by atoms with Crippen LogP contribution in [0.3, 0.4) is 0 Å². The predicted molar refractivity (Wildman–Crippen MR) is 47.2 cm³/mol. The summed E-state index contributed by atoms with van der Waals surface area (Å²) < 4.78 is -0.634. The third kappa shape index (κ3) is 5.37. The average molecular weight is 260 g/mol. The Balaban J connectivity index is 3.43. The summed E-state index contributed by atoms with van der Waals surface area (Å²) in [5, 5.41) is 10.2. The molecule has 0 heterocycles. The van der Waals surface area contributed by atoms with Crippen LogP contribution in [-0.2, 0) is 0 Å². The maximum absolute atomic E-state index is 9.40. The molecular formula is C6H12Br2O. The summed E-state index contributed by atoms with van der Waals surface area (Å²) in [6, 6.07) is 0. The summed E-state index contributed by atoms with van der Waals surface area (Å²) in [7, 11) is 0. The van der Waals surface area contributed by atoms with E-state index < -0.39 is 4.51 Å². The fourth-order valence-corrected chi connectivity index (χ4v) is 2.44. The highest BCUT2D eigenvalue weighted by Gasteiger charge is 2.19. The Morgan fingerprint density at radius 2 is 2.00 bits per heavy atom. The highest BCUT2D eigenvalue weighted by molar-refractivity contribution is 9.10. The minimum absolute atomic E-state index is 0.634. The maximum atomic E-state index is 9.40. The van der Waals surface area contributed by atoms with E-state index >= 15 is 0 Å². The lowest BCUT2D eigenvalue weighted by Crippen LogP contribution is -2.19. The van der Waals surface area contributed by atoms with Crippen molar-refractivity contribution in [3.63, 3.8) is 0 Å². The lowest BCUT2D eigenvalue weighted by Gasteiger charge is -2.18. The van der Waals surface area contributed by atoms with Crippen LogP contribution in [0.4, 0.5) is 0 Å². The number of hydrogen-bond acceptors (Lipinski definition) is 1. The Morgan fingerprint density at radius 3 is 2.33 bits per heavy atom. The monoisotopic (exact) mass is 258 g/mol. The van der Waals surface area contributed by atoms with Crippen LogP contribution in [0.2, 0.25) is 0 Å². The van der Waals surface area contributed by atoms with Crippen LogP contribution in [0.1, 0.15) is 26.2 Å². The van der Waals surface area contributed by atoms with Crippen LogP contribution in [-0.4, -0.2) is 14.9 Å². The molecule has 56 valence electrons. The molecule has 0 amide bonds. The fraction of sp³-hybridized carbons (Fsp3) is 1.00. The van der Waals surface area contributed by atoms with Crippen LogP contribution in [0, 0.1) is 0 Å². The molecule has 3 heteroatoms. The van der Waals surface area contributed by atoms with Crippen molar-refractivity contribution in [3.8, 4) is 0 Å². The Kier molecular flexibility index (Phi) is 5.17. The van der Waals surface area contributed by atoms with Gasteiger partial charge in [0.25, 0.3) is 0 Å². The summed E-state index contributed by atoms with van der Waals surface area (Å²) in [4.78, 5) is 0. The molecule has 1 unspecified atom stereocenters. The van der Waals surface area contributed by atoms with Gasteiger partial charge >= 0.3 is 0 Å². The van der Waals surface area contributed by atoms with Crippen molar-refractivity contribution in [2.45, 2.75) is 30.7 Å². The summed E-state index contributed by atoms with van der Waals surface area (Å²) in [5.74, 6) is 0. The third-order valence-electron chi connectivity index (χ3n) is 1.11. The minimum Gasteiger partial charge on any atom is -0.379 e. The normalized spacial score (nSPS) is 17.3. The lowest BCUT2D eigenvalue weighted by atomic mass is 10.2. The molecule has 0 saturated carbocycles. The largest absolute Gasteiger partial charge is 0.379 e. The van der Waals surface area contributed by atoms with E-state index in [9.17, 15) is 5.11 Å². The molecule has 0 aromatic rings. The molecular weight excluding hydrogens is 248 g/mol. The van der Waals surface area contributed by atoms with Gasteiger partial charge in [-0.3, -0.25) is 0 Å². The molecule has 1 atom stereocenters. The minimum atomic E-state index is -0.634. The highest BCUT2D eigenvalue weighted by atomic mass is 79.9. The third-order valence-corrected chi connectivity index (χ3v) is 2.30. The molecule has 0 saturated heterocycles. The van der Waals surface area contributed by atoms with Gasteiger partial charge in [0.2, 0.25) is 0 Å². The molecule has 1 N–H and O–H groups in total. The Bertz CT molecular complexity index is 65.5. The molecule has 0 fully saturated rings. The van der Waals surface area contributed by atoms with Crippen LogP contribution < -0.4 is 0 Å². The van der Waals surface area contributed by atoms with Crippen molar-refractivity contribution in [2.75, 3.05) is 5.33 Å². The van der Waals surface area contributed by atoms with E-state index in [1.165, 1.54) is 0 Å². The van der Waals surface area contributed by atoms with E-state index in [1.54, 1.807) is 0 Å². The second-order valence-electron chi connectivity index (χ2n) is 2.11. The topological polar surface area (TPSA) is 20.2 Å². The number of halogens is 2. The second kappa shape index (κ2) is 4.69. The summed E-state index contributed by atoms with van der Waals surface area (Å²) in [6.07, 6.45) is 2.59. The maximum Gasteiger partial charge on any atom is 0.120 e. The van der Waals surface area contributed by atoms with Crippen LogP contribution in [0.15, 0.2) is 0 Å². The smallest absolute Gasteiger partial charge is 0.120 e. The van der Waals surface area contributed by atoms with Gasteiger partial charge in [-0.15, -0.1) is 0 Å². The van der Waals surface area contributed by atoms with Crippen molar-refractivity contribution in [3.05, 3.63) is 0 Å². The first-order chi connectivity index (χ1) is 4.12. The average Bonchev–Trinajstić information content (AvgIpc) is 1.64. The summed E-state index contributed by atoms with van der Waals surface area (Å²) in [6.45, 7) is 2.06. The van der Waals surface area contributed by atoms with Crippen LogP contribution in [0.25, 0.3) is 0 Å². The molecule has 0 bridgehead atoms. The first-order valence-corrected chi connectivity index (χ1v) is 5.01. The van der Waals surface area contributed by atoms with Crippen molar-refractivity contribution in [2.24, 2.45) is 0 Å². The molecule has 0 rings (SSSR count). The highest BCUT2D eigenvalue weighted by Crippen LogP contribution is 2.25. The molecule has 9 heavy (non-hydrogen) atoms. The van der Waals surface area contributed by atoms with Gasteiger partial charge in [-0.2, -0.15) is 0 Å². The van der Waals surface area contributed by atoms with Crippen LogP contribution >= 0.6 is 31.9 Å². The summed E-state index contributed by atoms with van der Waals surface area (Å²) >= 11 is 6.49. The van der Waals surface area contributed by atoms with Crippen molar-refractivity contribution >= 4 is 31.9 Å². The number of alkyl halides is 2. The van der Waals surface area contributed by atoms with Gasteiger partial charge in [0.05, 0.1) is 0 Å². The SMILES string of the molecule is CCCC(O)(Br)CCBr. The number of rotatable bonds is 4. The fourth-order valence-electron chi connectivity index (χ4n) is 0.653. The van der Waals surface area contributed by atoms with Gasteiger partial charge in [0.15, 0.2) is 0 Å². The zero-order valence-corrected chi connectivity index (χ0v) is 8.70. The van der Waals surface area contributed by atoms with Gasteiger partial charge in [0.1, 0.15) is 4.51 Å². The predicted octanol–water partition coefficient (Wildman–Crippen LogP) is 2.66. The van der Waals surface area contributed by atoms with E-state index in [0.717, 1.165) is 24.6 Å². The molecule has 1 nitrogen and oxygen atoms in total. The van der Waals surface area contributed by atoms with E-state index in [4.69, 9.17) is 0 Å². The molecule has 0 radical (unpaired) electrons. The molecule has 0 aromatic carbocycles. The number of hydrogen-bond donors (Lipinski definition) is 1. The lowest BCUT2D eigenvalue weighted by molar-refractivity contribution is 0.132. The van der Waals surface area contributed by atoms with Gasteiger partial charge in [-0.25, -0.2) is 0 Å². The van der Waals surface area contributed by atoms with E-state index in [1.807, 2.05) is 0 Å². The van der Waals surface area contributed by atoms with Crippen molar-refractivity contribution < 1.29 is 5.11 Å². The Morgan fingerprint density at radius 1 is 1.44 bits per heavy atom. The molecule has 0 aliphatic heterocycles. The van der Waals surface area contributed by atoms with E-state index in [-0.39, 0.29) is 0 Å². The van der Waals surface area contributed by atoms with E-state index in [0.29, 0.717) is 0 Å². The number of aliphatic hydroxyl groups is 1. The summed E-state index contributed by atoms with van der Waals surface area (Å²) in [5.41, 5.74) is 0. The quantitative estimate of drug-likeness (QED) is 0.770. The molecule has 0 aliphatic carbocycles. The molecule has 0 spiro atoms. The van der Waals surface area contributed by atoms with Gasteiger partial charge < -0.3 is 5.11 Å². The van der Waals surface area contributed by atoms with Crippen molar-refractivity contribution in [1.82, 2.24) is 0 Å². The zero-order chi connectivity index (χ0) is 7.33. The standard InChI is InChI=1S/C6H12Br2O/c1-2-3-6(8,9)4-5-7/h9H,2-5H2,1H3.